The van der Waals surface area contributed by atoms with Gasteiger partial charge < -0.3 is 15.3 Å². The molecule has 1 rings (SSSR count). The third-order valence-corrected chi connectivity index (χ3v) is 3.39. The van der Waals surface area contributed by atoms with Crippen LogP contribution in [-0.4, -0.2) is 41.1 Å². The number of carbonyl (C=O) groups is 2. The maximum atomic E-state index is 12.1. The molecule has 6 nitrogen and oxygen atoms in total. The monoisotopic (exact) mass is 307 g/mol. The van der Waals surface area contributed by atoms with Crippen molar-refractivity contribution in [3.8, 4) is 0 Å². The summed E-state index contributed by atoms with van der Waals surface area (Å²) in [6.45, 7) is 7.80. The van der Waals surface area contributed by atoms with Crippen molar-refractivity contribution in [2.24, 2.45) is 0 Å². The smallest absolute Gasteiger partial charge is 0.326 e. The Morgan fingerprint density at radius 2 is 2.00 bits per heavy atom. The molecular formula is C16H25N3O3. The van der Waals surface area contributed by atoms with Gasteiger partial charge in [0.2, 0.25) is 0 Å². The number of aliphatic carboxylic acids is 1. The predicted octanol–water partition coefficient (Wildman–Crippen LogP) is 2.30. The van der Waals surface area contributed by atoms with E-state index in [0.29, 0.717) is 18.4 Å². The number of carbonyl (C=O) groups excluding carboxylic acids is 1. The van der Waals surface area contributed by atoms with Crippen LogP contribution in [0.25, 0.3) is 0 Å². The van der Waals surface area contributed by atoms with Crippen LogP contribution < -0.4 is 10.2 Å². The van der Waals surface area contributed by atoms with Gasteiger partial charge in [-0.1, -0.05) is 20.3 Å². The van der Waals surface area contributed by atoms with Gasteiger partial charge >= 0.3 is 5.97 Å². The van der Waals surface area contributed by atoms with Crippen LogP contribution in [-0.2, 0) is 4.79 Å². The Balaban J connectivity index is 2.76. The molecule has 22 heavy (non-hydrogen) atoms. The molecule has 1 heterocycles. The molecule has 0 aliphatic heterocycles. The first-order chi connectivity index (χ1) is 10.5. The molecule has 0 bridgehead atoms. The number of anilines is 1. The lowest BCUT2D eigenvalue weighted by atomic mass is 10.1. The summed E-state index contributed by atoms with van der Waals surface area (Å²) in [5.41, 5.74) is 0.374. The molecule has 0 spiro atoms. The molecule has 1 atom stereocenters. The highest BCUT2D eigenvalue weighted by atomic mass is 16.4. The van der Waals surface area contributed by atoms with Crippen LogP contribution in [0.2, 0.25) is 0 Å². The molecule has 0 fully saturated rings. The zero-order chi connectivity index (χ0) is 16.5. The van der Waals surface area contributed by atoms with Crippen molar-refractivity contribution in [1.82, 2.24) is 10.3 Å². The first kappa shape index (κ1) is 17.9. The second-order valence-electron chi connectivity index (χ2n) is 5.14. The molecule has 122 valence electrons. The maximum absolute atomic E-state index is 12.1. The van der Waals surface area contributed by atoms with E-state index in [1.807, 2.05) is 6.92 Å². The van der Waals surface area contributed by atoms with E-state index in [-0.39, 0.29) is 0 Å². The van der Waals surface area contributed by atoms with Crippen LogP contribution in [0.3, 0.4) is 0 Å². The van der Waals surface area contributed by atoms with Gasteiger partial charge in [0.25, 0.3) is 5.91 Å². The number of rotatable bonds is 9. The van der Waals surface area contributed by atoms with Gasteiger partial charge in [0.05, 0.1) is 5.56 Å². The molecule has 1 aromatic heterocycles. The number of hydrogen-bond acceptors (Lipinski definition) is 4. The molecule has 0 aliphatic carbocycles. The van der Waals surface area contributed by atoms with E-state index >= 15 is 0 Å². The lowest BCUT2D eigenvalue weighted by Crippen LogP contribution is -2.40. The second kappa shape index (κ2) is 9.02. The van der Waals surface area contributed by atoms with E-state index in [1.54, 1.807) is 12.1 Å². The van der Waals surface area contributed by atoms with Gasteiger partial charge in [-0.15, -0.1) is 0 Å². The van der Waals surface area contributed by atoms with Crippen LogP contribution in [0.5, 0.6) is 0 Å². The maximum Gasteiger partial charge on any atom is 0.326 e. The van der Waals surface area contributed by atoms with Crippen LogP contribution in [0, 0.1) is 0 Å². The topological polar surface area (TPSA) is 82.5 Å². The number of hydrogen-bond donors (Lipinski definition) is 2. The predicted molar refractivity (Wildman–Crippen MR) is 86.2 cm³/mol. The molecule has 2 N–H and O–H groups in total. The van der Waals surface area contributed by atoms with Crippen molar-refractivity contribution in [2.75, 3.05) is 18.0 Å². The Morgan fingerprint density at radius 1 is 1.27 bits per heavy atom. The summed E-state index contributed by atoms with van der Waals surface area (Å²) in [7, 11) is 0. The fraction of sp³-hybridized carbons (Fsp3) is 0.562. The van der Waals surface area contributed by atoms with E-state index in [1.165, 1.54) is 6.20 Å². The highest BCUT2D eigenvalue weighted by molar-refractivity contribution is 5.96. The molecule has 6 heteroatoms. The summed E-state index contributed by atoms with van der Waals surface area (Å²) in [5, 5.41) is 11.6. The van der Waals surface area contributed by atoms with E-state index < -0.39 is 17.9 Å². The Hall–Kier alpha value is -2.11. The summed E-state index contributed by atoms with van der Waals surface area (Å²) in [6, 6.07) is 2.62. The first-order valence-electron chi connectivity index (χ1n) is 7.78. The zero-order valence-electron chi connectivity index (χ0n) is 13.5. The fourth-order valence-corrected chi connectivity index (χ4v) is 2.20. The number of aromatic nitrogens is 1. The van der Waals surface area contributed by atoms with Crippen molar-refractivity contribution in [1.29, 1.82) is 0 Å². The summed E-state index contributed by atoms with van der Waals surface area (Å²) >= 11 is 0. The van der Waals surface area contributed by atoms with E-state index in [2.05, 4.69) is 29.0 Å². The van der Waals surface area contributed by atoms with Gasteiger partial charge in [-0.25, -0.2) is 9.78 Å². The van der Waals surface area contributed by atoms with Crippen LogP contribution in [0.4, 0.5) is 5.82 Å². The number of nitrogens with one attached hydrogen (secondary N) is 1. The summed E-state index contributed by atoms with van der Waals surface area (Å²) in [6.07, 6.45) is 3.62. The Bertz CT molecular complexity index is 488. The standard InChI is InChI=1S/C16H25N3O3/c1-4-7-13(16(21)22)18-15(20)12-8-9-14(17-11-12)19(6-3)10-5-2/h8-9,11,13H,4-7,10H2,1-3H3,(H,18,20)(H,21,22). The number of amides is 1. The van der Waals surface area contributed by atoms with E-state index in [4.69, 9.17) is 5.11 Å². The third-order valence-electron chi connectivity index (χ3n) is 3.39. The van der Waals surface area contributed by atoms with Gasteiger partial charge in [0.1, 0.15) is 11.9 Å². The molecule has 1 aromatic rings. The van der Waals surface area contributed by atoms with E-state index in [9.17, 15) is 9.59 Å². The normalized spacial score (nSPS) is 11.8. The highest BCUT2D eigenvalue weighted by Crippen LogP contribution is 2.12. The van der Waals surface area contributed by atoms with Crippen molar-refractivity contribution >= 4 is 17.7 Å². The lowest BCUT2D eigenvalue weighted by Gasteiger charge is -2.21. The van der Waals surface area contributed by atoms with Gasteiger partial charge in [0.15, 0.2) is 0 Å². The second-order valence-corrected chi connectivity index (χ2v) is 5.14. The molecule has 0 radical (unpaired) electrons. The average Bonchev–Trinajstić information content (AvgIpc) is 2.52. The summed E-state index contributed by atoms with van der Waals surface area (Å²) < 4.78 is 0. The minimum atomic E-state index is -1.01. The van der Waals surface area contributed by atoms with Crippen molar-refractivity contribution in [3.63, 3.8) is 0 Å². The van der Waals surface area contributed by atoms with Crippen molar-refractivity contribution in [3.05, 3.63) is 23.9 Å². The van der Waals surface area contributed by atoms with Crippen molar-refractivity contribution in [2.45, 2.75) is 46.1 Å². The van der Waals surface area contributed by atoms with Crippen molar-refractivity contribution < 1.29 is 14.7 Å². The number of carboxylic acids is 1. The Labute approximate surface area is 131 Å². The summed E-state index contributed by atoms with van der Waals surface area (Å²) in [5.74, 6) is -0.595. The number of pyridine rings is 1. The van der Waals surface area contributed by atoms with Crippen LogP contribution in [0.1, 0.15) is 50.4 Å². The fourth-order valence-electron chi connectivity index (χ4n) is 2.20. The molecule has 0 saturated carbocycles. The first-order valence-corrected chi connectivity index (χ1v) is 7.78. The minimum absolute atomic E-state index is 0.374. The van der Waals surface area contributed by atoms with Gasteiger partial charge in [-0.2, -0.15) is 0 Å². The zero-order valence-corrected chi connectivity index (χ0v) is 13.5. The SMILES string of the molecule is CCCC(NC(=O)c1ccc(N(CC)CCC)nc1)C(=O)O. The van der Waals surface area contributed by atoms with Gasteiger partial charge in [-0.3, -0.25) is 4.79 Å². The van der Waals surface area contributed by atoms with Gasteiger partial charge in [-0.05, 0) is 31.9 Å². The van der Waals surface area contributed by atoms with Crippen LogP contribution in [0.15, 0.2) is 18.3 Å². The molecule has 1 amide bonds. The molecule has 0 aromatic carbocycles. The minimum Gasteiger partial charge on any atom is -0.480 e. The molecule has 0 aliphatic rings. The van der Waals surface area contributed by atoms with Gasteiger partial charge in [0, 0.05) is 19.3 Å². The lowest BCUT2D eigenvalue weighted by molar-refractivity contribution is -0.139. The molecule has 0 saturated heterocycles. The Kier molecular flexibility index (Phi) is 7.36. The molecular weight excluding hydrogens is 282 g/mol. The number of carboxylic acid groups (broad SMARTS) is 1. The number of nitrogens with zero attached hydrogens (tertiary/aromatic N) is 2. The van der Waals surface area contributed by atoms with Crippen LogP contribution >= 0.6 is 0 Å². The third kappa shape index (κ3) is 5.02. The quantitative estimate of drug-likeness (QED) is 0.731. The van der Waals surface area contributed by atoms with E-state index in [0.717, 1.165) is 25.3 Å². The highest BCUT2D eigenvalue weighted by Gasteiger charge is 2.19. The summed E-state index contributed by atoms with van der Waals surface area (Å²) in [4.78, 5) is 29.6. The largest absolute Gasteiger partial charge is 0.480 e. The average molecular weight is 307 g/mol. The Morgan fingerprint density at radius 3 is 2.45 bits per heavy atom. The molecule has 1 unspecified atom stereocenters.